The summed E-state index contributed by atoms with van der Waals surface area (Å²) in [6.45, 7) is 0. The molecule has 2 aromatic rings. The summed E-state index contributed by atoms with van der Waals surface area (Å²) in [4.78, 5) is 24.4. The second-order valence-electron chi connectivity index (χ2n) is 5.33. The van der Waals surface area contributed by atoms with Crippen LogP contribution in [0.25, 0.3) is 0 Å². The zero-order valence-corrected chi connectivity index (χ0v) is 16.4. The van der Waals surface area contributed by atoms with Crippen LogP contribution in [0, 0.1) is 0 Å². The molecule has 0 aliphatic carbocycles. The molecule has 0 aromatic heterocycles. The molecule has 27 heavy (non-hydrogen) atoms. The van der Waals surface area contributed by atoms with Crippen molar-refractivity contribution in [3.8, 4) is 17.2 Å². The predicted octanol–water partition coefficient (Wildman–Crippen LogP) is 3.02. The van der Waals surface area contributed by atoms with Crippen molar-refractivity contribution in [1.82, 2.24) is 10.9 Å². The van der Waals surface area contributed by atoms with E-state index >= 15 is 0 Å². The van der Waals surface area contributed by atoms with Gasteiger partial charge in [-0.15, -0.1) is 0 Å². The second-order valence-corrected chi connectivity index (χ2v) is 6.17. The Labute approximate surface area is 166 Å². The van der Waals surface area contributed by atoms with E-state index in [1.807, 2.05) is 0 Å². The minimum Gasteiger partial charge on any atom is -0.493 e. The van der Waals surface area contributed by atoms with Crippen LogP contribution < -0.4 is 25.1 Å². The maximum absolute atomic E-state index is 12.3. The molecule has 0 saturated heterocycles. The van der Waals surface area contributed by atoms with E-state index in [2.05, 4.69) is 10.9 Å². The van der Waals surface area contributed by atoms with E-state index < -0.39 is 11.8 Å². The van der Waals surface area contributed by atoms with Crippen LogP contribution in [-0.4, -0.2) is 33.1 Å². The van der Waals surface area contributed by atoms with Crippen LogP contribution in [0.2, 0.25) is 10.0 Å². The van der Waals surface area contributed by atoms with Crippen molar-refractivity contribution in [3.05, 3.63) is 51.5 Å². The van der Waals surface area contributed by atoms with Crippen molar-refractivity contribution in [2.24, 2.45) is 0 Å². The number of carbonyl (C=O) groups excluding carboxylic acids is 2. The van der Waals surface area contributed by atoms with Crippen molar-refractivity contribution < 1.29 is 23.8 Å². The van der Waals surface area contributed by atoms with Gasteiger partial charge in [0.25, 0.3) is 5.91 Å². The Morgan fingerprint density at radius 1 is 0.926 bits per heavy atom. The lowest BCUT2D eigenvalue weighted by Gasteiger charge is -2.14. The molecule has 0 fully saturated rings. The van der Waals surface area contributed by atoms with Gasteiger partial charge in [-0.1, -0.05) is 29.3 Å². The Kier molecular flexibility index (Phi) is 7.15. The van der Waals surface area contributed by atoms with Gasteiger partial charge in [0.05, 0.1) is 27.8 Å². The number of halogens is 2. The topological polar surface area (TPSA) is 85.9 Å². The van der Waals surface area contributed by atoms with Gasteiger partial charge in [0.15, 0.2) is 11.5 Å². The van der Waals surface area contributed by atoms with E-state index in [9.17, 15) is 9.59 Å². The Balaban J connectivity index is 2.05. The Morgan fingerprint density at radius 3 is 2.07 bits per heavy atom. The van der Waals surface area contributed by atoms with E-state index in [0.717, 1.165) is 0 Å². The summed E-state index contributed by atoms with van der Waals surface area (Å²) in [6, 6.07) is 7.76. The van der Waals surface area contributed by atoms with Crippen LogP contribution in [-0.2, 0) is 11.2 Å². The molecule has 7 nitrogen and oxygen atoms in total. The van der Waals surface area contributed by atoms with Crippen LogP contribution in [0.5, 0.6) is 17.2 Å². The van der Waals surface area contributed by atoms with Gasteiger partial charge in [-0.2, -0.15) is 0 Å². The van der Waals surface area contributed by atoms with Gasteiger partial charge in [-0.05, 0) is 29.8 Å². The highest BCUT2D eigenvalue weighted by Gasteiger charge is 2.17. The van der Waals surface area contributed by atoms with Crippen LogP contribution >= 0.6 is 23.2 Å². The highest BCUT2D eigenvalue weighted by Crippen LogP contribution is 2.38. The number of hydrazine groups is 1. The Bertz CT molecular complexity index is 833. The monoisotopic (exact) mass is 412 g/mol. The second kappa shape index (κ2) is 9.34. The minimum atomic E-state index is -0.551. The summed E-state index contributed by atoms with van der Waals surface area (Å²) in [5.74, 6) is 0.00494. The molecule has 0 radical (unpaired) electrons. The highest BCUT2D eigenvalue weighted by molar-refractivity contribution is 6.35. The molecule has 144 valence electrons. The zero-order chi connectivity index (χ0) is 20.0. The van der Waals surface area contributed by atoms with Gasteiger partial charge in [0.1, 0.15) is 0 Å². The number of hydrogen-bond donors (Lipinski definition) is 2. The number of benzene rings is 2. The van der Waals surface area contributed by atoms with Crippen LogP contribution in [0.3, 0.4) is 0 Å². The molecule has 2 amide bonds. The summed E-state index contributed by atoms with van der Waals surface area (Å²) in [7, 11) is 4.34. The average molecular weight is 413 g/mol. The third-order valence-corrected chi connectivity index (χ3v) is 4.20. The smallest absolute Gasteiger partial charge is 0.269 e. The molecule has 9 heteroatoms. The molecule has 0 aliphatic rings. The van der Waals surface area contributed by atoms with Crippen LogP contribution in [0.1, 0.15) is 15.9 Å². The molecule has 0 atom stereocenters. The van der Waals surface area contributed by atoms with E-state index in [1.165, 1.54) is 33.5 Å². The fourth-order valence-electron chi connectivity index (χ4n) is 2.29. The van der Waals surface area contributed by atoms with E-state index in [4.69, 9.17) is 37.4 Å². The highest BCUT2D eigenvalue weighted by atomic mass is 35.5. The van der Waals surface area contributed by atoms with E-state index in [-0.39, 0.29) is 12.0 Å². The number of hydrogen-bond acceptors (Lipinski definition) is 5. The third kappa shape index (κ3) is 5.18. The lowest BCUT2D eigenvalue weighted by molar-refractivity contribution is -0.121. The van der Waals surface area contributed by atoms with Gasteiger partial charge in [0, 0.05) is 15.6 Å². The number of methoxy groups -OCH3 is 3. The molecule has 0 bridgehead atoms. The Hall–Kier alpha value is -2.64. The fraction of sp³-hybridized carbons (Fsp3) is 0.222. The molecule has 2 rings (SSSR count). The standard InChI is InChI=1S/C18H18Cl2N2O5/c1-25-14-6-11(7-15(26-2)17(14)27-3)18(24)22-21-16(23)8-10-4-5-12(19)9-13(10)20/h4-7,9H,8H2,1-3H3,(H,21,23)(H,22,24). The Morgan fingerprint density at radius 2 is 1.56 bits per heavy atom. The molecule has 0 unspecified atom stereocenters. The predicted molar refractivity (Wildman–Crippen MR) is 102 cm³/mol. The number of ether oxygens (including phenoxy) is 3. The largest absolute Gasteiger partial charge is 0.493 e. The van der Waals surface area contributed by atoms with Gasteiger partial charge in [0.2, 0.25) is 11.7 Å². The van der Waals surface area contributed by atoms with E-state index in [1.54, 1.807) is 18.2 Å². The summed E-state index contributed by atoms with van der Waals surface area (Å²) in [5, 5.41) is 0.841. The van der Waals surface area contributed by atoms with Crippen molar-refractivity contribution >= 4 is 35.0 Å². The number of amides is 2. The van der Waals surface area contributed by atoms with Crippen molar-refractivity contribution in [3.63, 3.8) is 0 Å². The van der Waals surface area contributed by atoms with Crippen LogP contribution in [0.4, 0.5) is 0 Å². The lowest BCUT2D eigenvalue weighted by Crippen LogP contribution is -2.42. The molecule has 0 saturated carbocycles. The van der Waals surface area contributed by atoms with Crippen molar-refractivity contribution in [1.29, 1.82) is 0 Å². The van der Waals surface area contributed by atoms with Crippen molar-refractivity contribution in [2.45, 2.75) is 6.42 Å². The number of nitrogens with one attached hydrogen (secondary N) is 2. The summed E-state index contributed by atoms with van der Waals surface area (Å²) in [6.07, 6.45) is -0.0223. The molecule has 0 aliphatic heterocycles. The normalized spacial score (nSPS) is 10.1. The van der Waals surface area contributed by atoms with Crippen LogP contribution in [0.15, 0.2) is 30.3 Å². The molecular formula is C18H18Cl2N2O5. The van der Waals surface area contributed by atoms with Gasteiger partial charge < -0.3 is 14.2 Å². The number of carbonyl (C=O) groups is 2. The molecule has 0 heterocycles. The SMILES string of the molecule is COc1cc(C(=O)NNC(=O)Cc2ccc(Cl)cc2Cl)cc(OC)c1OC. The molecule has 2 aromatic carbocycles. The molecule has 2 N–H and O–H groups in total. The summed E-state index contributed by atoms with van der Waals surface area (Å²) >= 11 is 11.9. The van der Waals surface area contributed by atoms with Gasteiger partial charge in [-0.3, -0.25) is 20.4 Å². The number of rotatable bonds is 6. The maximum atomic E-state index is 12.3. The molecular weight excluding hydrogens is 395 g/mol. The van der Waals surface area contributed by atoms with Gasteiger partial charge in [-0.25, -0.2) is 0 Å². The third-order valence-electron chi connectivity index (χ3n) is 3.61. The first kappa shape index (κ1) is 20.7. The zero-order valence-electron chi connectivity index (χ0n) is 14.9. The first-order chi connectivity index (χ1) is 12.9. The molecule has 0 spiro atoms. The van der Waals surface area contributed by atoms with E-state index in [0.29, 0.717) is 32.9 Å². The summed E-state index contributed by atoms with van der Waals surface area (Å²) < 4.78 is 15.6. The quantitative estimate of drug-likeness (QED) is 0.712. The minimum absolute atomic E-state index is 0.0223. The first-order valence-corrected chi connectivity index (χ1v) is 8.48. The maximum Gasteiger partial charge on any atom is 0.269 e. The fourth-order valence-corrected chi connectivity index (χ4v) is 2.77. The lowest BCUT2D eigenvalue weighted by atomic mass is 10.1. The first-order valence-electron chi connectivity index (χ1n) is 7.72. The average Bonchev–Trinajstić information content (AvgIpc) is 2.66. The van der Waals surface area contributed by atoms with Crippen molar-refractivity contribution in [2.75, 3.05) is 21.3 Å². The van der Waals surface area contributed by atoms with Gasteiger partial charge >= 0.3 is 0 Å². The summed E-state index contributed by atoms with van der Waals surface area (Å²) in [5.41, 5.74) is 5.46.